The summed E-state index contributed by atoms with van der Waals surface area (Å²) in [5.41, 5.74) is 1.81. The predicted molar refractivity (Wildman–Crippen MR) is 95.5 cm³/mol. The SMILES string of the molecule is CN(Cc1ccc(OC(F)F)cc1)C(=O)CSc1ncc2ccccn12. The normalized spacial score (nSPS) is 11.1. The number of halogens is 2. The van der Waals surface area contributed by atoms with Crippen LogP contribution in [0.2, 0.25) is 0 Å². The van der Waals surface area contributed by atoms with Gasteiger partial charge in [0.25, 0.3) is 0 Å². The van der Waals surface area contributed by atoms with Crippen LogP contribution in [0.25, 0.3) is 5.52 Å². The number of aromatic nitrogens is 2. The number of thioether (sulfide) groups is 1. The van der Waals surface area contributed by atoms with Crippen LogP contribution in [0.1, 0.15) is 5.56 Å². The Morgan fingerprint density at radius 3 is 2.77 bits per heavy atom. The van der Waals surface area contributed by atoms with Gasteiger partial charge in [-0.3, -0.25) is 9.20 Å². The summed E-state index contributed by atoms with van der Waals surface area (Å²) in [7, 11) is 1.70. The molecule has 5 nitrogen and oxygen atoms in total. The number of alkyl halides is 2. The van der Waals surface area contributed by atoms with Crippen LogP contribution in [0.15, 0.2) is 60.0 Å². The molecule has 0 atom stereocenters. The van der Waals surface area contributed by atoms with Crippen LogP contribution in [0, 0.1) is 0 Å². The van der Waals surface area contributed by atoms with Gasteiger partial charge < -0.3 is 9.64 Å². The third kappa shape index (κ3) is 4.51. The molecular formula is C18H17F2N3O2S. The van der Waals surface area contributed by atoms with Crippen molar-refractivity contribution in [1.82, 2.24) is 14.3 Å². The van der Waals surface area contributed by atoms with Crippen molar-refractivity contribution in [1.29, 1.82) is 0 Å². The Morgan fingerprint density at radius 2 is 2.04 bits per heavy atom. The standard InChI is InChI=1S/C18H17F2N3O2S/c1-22(11-13-5-7-15(8-6-13)25-17(19)20)16(24)12-26-18-21-10-14-4-2-3-9-23(14)18/h2-10,17H,11-12H2,1H3. The number of nitrogens with zero attached hydrogens (tertiary/aromatic N) is 3. The highest BCUT2D eigenvalue weighted by molar-refractivity contribution is 7.99. The van der Waals surface area contributed by atoms with Gasteiger partial charge in [-0.25, -0.2) is 4.98 Å². The maximum absolute atomic E-state index is 12.3. The zero-order valence-corrected chi connectivity index (χ0v) is 14.8. The lowest BCUT2D eigenvalue weighted by atomic mass is 10.2. The number of carbonyl (C=O) groups is 1. The lowest BCUT2D eigenvalue weighted by Crippen LogP contribution is -2.27. The second-order valence-corrected chi connectivity index (χ2v) is 6.54. The molecule has 0 aliphatic heterocycles. The predicted octanol–water partition coefficient (Wildman–Crippen LogP) is 3.69. The van der Waals surface area contributed by atoms with E-state index < -0.39 is 6.61 Å². The molecule has 0 aliphatic carbocycles. The van der Waals surface area contributed by atoms with Crippen molar-refractivity contribution in [2.75, 3.05) is 12.8 Å². The summed E-state index contributed by atoms with van der Waals surface area (Å²) in [6.45, 7) is -2.46. The summed E-state index contributed by atoms with van der Waals surface area (Å²) >= 11 is 1.37. The summed E-state index contributed by atoms with van der Waals surface area (Å²) in [6.07, 6.45) is 3.67. The van der Waals surface area contributed by atoms with E-state index in [0.29, 0.717) is 6.54 Å². The highest BCUT2D eigenvalue weighted by atomic mass is 32.2. The molecule has 0 N–H and O–H groups in total. The average molecular weight is 377 g/mol. The molecule has 1 aromatic carbocycles. The van der Waals surface area contributed by atoms with Crippen LogP contribution in [-0.4, -0.2) is 39.6 Å². The van der Waals surface area contributed by atoms with E-state index >= 15 is 0 Å². The van der Waals surface area contributed by atoms with E-state index in [1.54, 1.807) is 30.3 Å². The van der Waals surface area contributed by atoms with Gasteiger partial charge in [0.2, 0.25) is 5.91 Å². The van der Waals surface area contributed by atoms with Crippen molar-refractivity contribution in [2.24, 2.45) is 0 Å². The van der Waals surface area contributed by atoms with Crippen LogP contribution in [-0.2, 0) is 11.3 Å². The van der Waals surface area contributed by atoms with Crippen molar-refractivity contribution in [3.8, 4) is 5.75 Å². The second-order valence-electron chi connectivity index (χ2n) is 5.60. The maximum Gasteiger partial charge on any atom is 0.387 e. The minimum atomic E-state index is -2.85. The number of hydrogen-bond donors (Lipinski definition) is 0. The molecule has 1 amide bonds. The first-order valence-corrected chi connectivity index (χ1v) is 8.84. The first-order valence-electron chi connectivity index (χ1n) is 7.85. The monoisotopic (exact) mass is 377 g/mol. The fraction of sp³-hybridized carbons (Fsp3) is 0.222. The number of rotatable bonds is 7. The Labute approximate surface area is 153 Å². The molecule has 0 fully saturated rings. The molecule has 0 unspecified atom stereocenters. The van der Waals surface area contributed by atoms with Gasteiger partial charge in [-0.05, 0) is 29.8 Å². The topological polar surface area (TPSA) is 46.8 Å². The van der Waals surface area contributed by atoms with E-state index in [9.17, 15) is 13.6 Å². The molecule has 8 heteroatoms. The second kappa shape index (κ2) is 8.18. The van der Waals surface area contributed by atoms with Crippen molar-refractivity contribution in [3.63, 3.8) is 0 Å². The summed E-state index contributed by atoms with van der Waals surface area (Å²) in [5, 5.41) is 0.760. The van der Waals surface area contributed by atoms with Crippen molar-refractivity contribution >= 4 is 23.2 Å². The van der Waals surface area contributed by atoms with Gasteiger partial charge in [-0.15, -0.1) is 0 Å². The van der Waals surface area contributed by atoms with Crippen LogP contribution in [0.4, 0.5) is 8.78 Å². The largest absolute Gasteiger partial charge is 0.435 e. The van der Waals surface area contributed by atoms with Gasteiger partial charge in [0, 0.05) is 19.8 Å². The summed E-state index contributed by atoms with van der Waals surface area (Å²) < 4.78 is 30.5. The van der Waals surface area contributed by atoms with Crippen LogP contribution < -0.4 is 4.74 Å². The van der Waals surface area contributed by atoms with E-state index in [1.165, 1.54) is 23.9 Å². The average Bonchev–Trinajstić information content (AvgIpc) is 3.04. The number of benzene rings is 1. The summed E-state index contributed by atoms with van der Waals surface area (Å²) in [4.78, 5) is 18.2. The Balaban J connectivity index is 1.54. The smallest absolute Gasteiger partial charge is 0.387 e. The van der Waals surface area contributed by atoms with Gasteiger partial charge in [0.1, 0.15) is 5.75 Å². The molecule has 26 heavy (non-hydrogen) atoms. The van der Waals surface area contributed by atoms with E-state index in [1.807, 2.05) is 28.8 Å². The quantitative estimate of drug-likeness (QED) is 0.589. The van der Waals surface area contributed by atoms with E-state index in [0.717, 1.165) is 16.2 Å². The number of ether oxygens (including phenoxy) is 1. The highest BCUT2D eigenvalue weighted by Gasteiger charge is 2.12. The van der Waals surface area contributed by atoms with E-state index in [4.69, 9.17) is 0 Å². The molecule has 3 aromatic rings. The Morgan fingerprint density at radius 1 is 1.27 bits per heavy atom. The molecule has 2 heterocycles. The molecule has 136 valence electrons. The van der Waals surface area contributed by atoms with Crippen molar-refractivity contribution < 1.29 is 18.3 Å². The van der Waals surface area contributed by atoms with Gasteiger partial charge >= 0.3 is 6.61 Å². The lowest BCUT2D eigenvalue weighted by Gasteiger charge is -2.17. The maximum atomic E-state index is 12.3. The molecule has 0 radical (unpaired) electrons. The number of imidazole rings is 1. The molecular weight excluding hydrogens is 360 g/mol. The lowest BCUT2D eigenvalue weighted by molar-refractivity contribution is -0.127. The van der Waals surface area contributed by atoms with E-state index in [-0.39, 0.29) is 17.4 Å². The van der Waals surface area contributed by atoms with Crippen LogP contribution in [0.5, 0.6) is 5.75 Å². The minimum Gasteiger partial charge on any atom is -0.435 e. The summed E-state index contributed by atoms with van der Waals surface area (Å²) in [5.74, 6) is 0.312. The fourth-order valence-corrected chi connectivity index (χ4v) is 3.31. The van der Waals surface area contributed by atoms with Gasteiger partial charge in [-0.1, -0.05) is 30.0 Å². The van der Waals surface area contributed by atoms with Crippen molar-refractivity contribution in [3.05, 3.63) is 60.4 Å². The molecule has 0 saturated carbocycles. The van der Waals surface area contributed by atoms with Gasteiger partial charge in [0.05, 0.1) is 17.5 Å². The third-order valence-corrected chi connectivity index (χ3v) is 4.68. The molecule has 0 bridgehead atoms. The number of carbonyl (C=O) groups excluding carboxylic acids is 1. The molecule has 0 saturated heterocycles. The number of fused-ring (bicyclic) bond motifs is 1. The Bertz CT molecular complexity index is 884. The third-order valence-electron chi connectivity index (χ3n) is 3.72. The first kappa shape index (κ1) is 18.2. The van der Waals surface area contributed by atoms with Crippen LogP contribution in [0.3, 0.4) is 0 Å². The first-order chi connectivity index (χ1) is 12.5. The van der Waals surface area contributed by atoms with Crippen LogP contribution >= 0.6 is 11.8 Å². The number of pyridine rings is 1. The Kier molecular flexibility index (Phi) is 5.72. The number of hydrogen-bond acceptors (Lipinski definition) is 4. The Hall–Kier alpha value is -2.61. The van der Waals surface area contributed by atoms with Gasteiger partial charge in [0.15, 0.2) is 5.16 Å². The zero-order chi connectivity index (χ0) is 18.5. The molecule has 3 rings (SSSR count). The number of amides is 1. The molecule has 2 aromatic heterocycles. The summed E-state index contributed by atoms with van der Waals surface area (Å²) in [6, 6.07) is 12.0. The molecule has 0 aliphatic rings. The fourth-order valence-electron chi connectivity index (χ4n) is 2.40. The van der Waals surface area contributed by atoms with Gasteiger partial charge in [-0.2, -0.15) is 8.78 Å². The van der Waals surface area contributed by atoms with Crippen molar-refractivity contribution in [2.45, 2.75) is 18.3 Å². The minimum absolute atomic E-state index is 0.0458. The zero-order valence-electron chi connectivity index (χ0n) is 14.0. The highest BCUT2D eigenvalue weighted by Crippen LogP contribution is 2.19. The van der Waals surface area contributed by atoms with E-state index in [2.05, 4.69) is 9.72 Å². The molecule has 0 spiro atoms.